The van der Waals surface area contributed by atoms with Crippen LogP contribution in [0.3, 0.4) is 0 Å². The summed E-state index contributed by atoms with van der Waals surface area (Å²) in [6, 6.07) is 0. The molecule has 19 heavy (non-hydrogen) atoms. The molecule has 2 aliphatic rings. The third-order valence-electron chi connectivity index (χ3n) is 5.82. The number of likely N-dealkylation sites (tertiary alicyclic amines) is 1. The summed E-state index contributed by atoms with van der Waals surface area (Å²) in [7, 11) is 0. The first-order valence-corrected chi connectivity index (χ1v) is 7.33. The van der Waals surface area contributed by atoms with Gasteiger partial charge >= 0.3 is 17.4 Å². The molecule has 113 valence electrons. The normalized spacial score (nSPS) is 38.2. The SMILES string of the molecule is CC1C(C)C(C)C(CCN2CCCC2)C1C.[CH3-].[CH3-].[Cr+3]. The first-order valence-electron chi connectivity index (χ1n) is 7.33. The molecule has 4 atom stereocenters. The van der Waals surface area contributed by atoms with Gasteiger partial charge in [-0.25, -0.2) is 0 Å². The summed E-state index contributed by atoms with van der Waals surface area (Å²) in [5.74, 6) is 4.71. The Morgan fingerprint density at radius 2 is 1.21 bits per heavy atom. The van der Waals surface area contributed by atoms with Crippen molar-refractivity contribution in [1.82, 2.24) is 4.90 Å². The average molecular weight is 305 g/mol. The molecule has 0 aromatic carbocycles. The van der Waals surface area contributed by atoms with Crippen molar-refractivity contribution in [3.05, 3.63) is 14.9 Å². The van der Waals surface area contributed by atoms with E-state index in [2.05, 4.69) is 32.6 Å². The van der Waals surface area contributed by atoms with Gasteiger partial charge in [-0.3, -0.25) is 0 Å². The maximum atomic E-state index is 2.67. The van der Waals surface area contributed by atoms with Crippen LogP contribution in [0.25, 0.3) is 0 Å². The molecule has 0 aromatic heterocycles. The van der Waals surface area contributed by atoms with Gasteiger partial charge in [-0.1, -0.05) is 27.7 Å². The van der Waals surface area contributed by atoms with Gasteiger partial charge < -0.3 is 19.8 Å². The fourth-order valence-corrected chi connectivity index (χ4v) is 4.08. The molecular formula is C17H35CrN+. The minimum atomic E-state index is 0. The molecule has 0 N–H and O–H groups in total. The zero-order valence-corrected chi connectivity index (χ0v) is 15.3. The Bertz CT molecular complexity index is 211. The Kier molecular flexibility index (Phi) is 10.8. The van der Waals surface area contributed by atoms with Gasteiger partial charge in [-0.05, 0) is 68.5 Å². The second-order valence-electron chi connectivity index (χ2n) is 6.44. The molecule has 2 heteroatoms. The maximum Gasteiger partial charge on any atom is 3.00 e. The van der Waals surface area contributed by atoms with Gasteiger partial charge in [0.15, 0.2) is 0 Å². The molecule has 1 saturated heterocycles. The molecule has 2 rings (SSSR count). The quantitative estimate of drug-likeness (QED) is 0.692. The van der Waals surface area contributed by atoms with Crippen molar-refractivity contribution in [2.24, 2.45) is 29.6 Å². The molecule has 1 nitrogen and oxygen atoms in total. The fourth-order valence-electron chi connectivity index (χ4n) is 4.08. The number of hydrogen-bond acceptors (Lipinski definition) is 1. The van der Waals surface area contributed by atoms with Gasteiger partial charge in [0.1, 0.15) is 0 Å². The molecule has 1 saturated carbocycles. The van der Waals surface area contributed by atoms with Crippen LogP contribution in [0.1, 0.15) is 47.0 Å². The van der Waals surface area contributed by atoms with Crippen LogP contribution in [0.5, 0.6) is 0 Å². The minimum absolute atomic E-state index is 0. The average Bonchev–Trinajstić information content (AvgIpc) is 2.84. The molecule has 1 heterocycles. The van der Waals surface area contributed by atoms with E-state index in [0.717, 1.165) is 29.6 Å². The van der Waals surface area contributed by atoms with Gasteiger partial charge in [-0.2, -0.15) is 0 Å². The summed E-state index contributed by atoms with van der Waals surface area (Å²) in [5.41, 5.74) is 0. The Morgan fingerprint density at radius 3 is 1.63 bits per heavy atom. The smallest absolute Gasteiger partial charge is 0.358 e. The summed E-state index contributed by atoms with van der Waals surface area (Å²) < 4.78 is 0. The Labute approximate surface area is 133 Å². The topological polar surface area (TPSA) is 3.24 Å². The predicted octanol–water partition coefficient (Wildman–Crippen LogP) is 4.54. The number of nitrogens with zero attached hydrogens (tertiary/aromatic N) is 1. The number of rotatable bonds is 3. The van der Waals surface area contributed by atoms with E-state index in [0.29, 0.717) is 0 Å². The van der Waals surface area contributed by atoms with Gasteiger partial charge in [0.25, 0.3) is 0 Å². The largest absolute Gasteiger partial charge is 3.00 e. The molecule has 0 amide bonds. The third kappa shape index (κ3) is 4.76. The van der Waals surface area contributed by atoms with Crippen LogP contribution < -0.4 is 0 Å². The van der Waals surface area contributed by atoms with Crippen LogP contribution in [0.4, 0.5) is 0 Å². The molecule has 0 bridgehead atoms. The van der Waals surface area contributed by atoms with Crippen LogP contribution in [-0.2, 0) is 17.4 Å². The molecular weight excluding hydrogens is 270 g/mol. The third-order valence-corrected chi connectivity index (χ3v) is 5.82. The van der Waals surface area contributed by atoms with Crippen molar-refractivity contribution in [1.29, 1.82) is 0 Å². The van der Waals surface area contributed by atoms with Gasteiger partial charge in [0, 0.05) is 0 Å². The van der Waals surface area contributed by atoms with Gasteiger partial charge in [0.2, 0.25) is 0 Å². The van der Waals surface area contributed by atoms with E-state index in [1.807, 2.05) is 0 Å². The Hall–Kier alpha value is 0.492. The van der Waals surface area contributed by atoms with Crippen molar-refractivity contribution in [2.45, 2.75) is 47.0 Å². The molecule has 1 aliphatic heterocycles. The molecule has 1 aliphatic carbocycles. The van der Waals surface area contributed by atoms with E-state index in [-0.39, 0.29) is 32.2 Å². The fraction of sp³-hybridized carbons (Fsp3) is 0.882. The molecule has 0 aromatic rings. The van der Waals surface area contributed by atoms with Crippen molar-refractivity contribution in [3.63, 3.8) is 0 Å². The van der Waals surface area contributed by atoms with Crippen LogP contribution in [0.2, 0.25) is 0 Å². The summed E-state index contributed by atoms with van der Waals surface area (Å²) >= 11 is 0. The van der Waals surface area contributed by atoms with Crippen molar-refractivity contribution < 1.29 is 17.4 Å². The first-order chi connectivity index (χ1) is 7.61. The van der Waals surface area contributed by atoms with Crippen molar-refractivity contribution >= 4 is 0 Å². The second kappa shape index (κ2) is 9.43. The van der Waals surface area contributed by atoms with Crippen LogP contribution in [-0.4, -0.2) is 24.5 Å². The van der Waals surface area contributed by atoms with E-state index in [1.165, 1.54) is 38.9 Å². The summed E-state index contributed by atoms with van der Waals surface area (Å²) in [5, 5.41) is 0. The number of hydrogen-bond donors (Lipinski definition) is 0. The van der Waals surface area contributed by atoms with E-state index in [9.17, 15) is 0 Å². The Balaban J connectivity index is 0. The standard InChI is InChI=1S/C15H29N.2CH3.Cr/c1-11-12(2)14(4)15(13(11)3)7-10-16-8-5-6-9-16;;;/h11-15H,5-10H2,1-4H3;2*1H3;/q;2*-1;+3. The van der Waals surface area contributed by atoms with Crippen LogP contribution in [0, 0.1) is 44.4 Å². The van der Waals surface area contributed by atoms with E-state index < -0.39 is 0 Å². The van der Waals surface area contributed by atoms with Crippen molar-refractivity contribution in [2.75, 3.05) is 19.6 Å². The van der Waals surface area contributed by atoms with Gasteiger partial charge in [-0.15, -0.1) is 0 Å². The molecule has 4 unspecified atom stereocenters. The van der Waals surface area contributed by atoms with E-state index in [1.54, 1.807) is 0 Å². The van der Waals surface area contributed by atoms with E-state index in [4.69, 9.17) is 0 Å². The summed E-state index contributed by atoms with van der Waals surface area (Å²) in [4.78, 5) is 2.67. The second-order valence-corrected chi connectivity index (χ2v) is 6.44. The predicted molar refractivity (Wildman–Crippen MR) is 83.3 cm³/mol. The molecule has 1 radical (unpaired) electrons. The molecule has 0 spiro atoms. The summed E-state index contributed by atoms with van der Waals surface area (Å²) in [6.07, 6.45) is 4.31. The monoisotopic (exact) mass is 305 g/mol. The zero-order valence-electron chi connectivity index (χ0n) is 14.0. The van der Waals surface area contributed by atoms with Crippen molar-refractivity contribution in [3.8, 4) is 0 Å². The first kappa shape index (κ1) is 21.8. The van der Waals surface area contributed by atoms with Crippen LogP contribution in [0.15, 0.2) is 0 Å². The van der Waals surface area contributed by atoms with Crippen LogP contribution >= 0.6 is 0 Å². The minimum Gasteiger partial charge on any atom is -0.358 e. The molecule has 2 fully saturated rings. The van der Waals surface area contributed by atoms with E-state index >= 15 is 0 Å². The Morgan fingerprint density at radius 1 is 0.789 bits per heavy atom. The van der Waals surface area contributed by atoms with Gasteiger partial charge in [0.05, 0.1) is 0 Å². The summed E-state index contributed by atoms with van der Waals surface area (Å²) in [6.45, 7) is 14.0. The maximum absolute atomic E-state index is 2.67. The zero-order chi connectivity index (χ0) is 11.7.